The second-order valence-electron chi connectivity index (χ2n) is 5.45. The Morgan fingerprint density at radius 2 is 1.96 bits per heavy atom. The number of hydrogen-bond donors (Lipinski definition) is 2. The molecule has 0 saturated carbocycles. The normalized spacial score (nSPS) is 12.2. The van der Waals surface area contributed by atoms with Gasteiger partial charge in [-0.25, -0.2) is 5.43 Å². The largest absolute Gasteiger partial charge is 0.374 e. The first-order valence-corrected chi connectivity index (χ1v) is 7.71. The van der Waals surface area contributed by atoms with Crippen molar-refractivity contribution in [3.63, 3.8) is 0 Å². The number of carbonyl (C=O) groups excluding carboxylic acids is 1. The first-order valence-electron chi connectivity index (χ1n) is 7.71. The SMILES string of the molecule is C[C@H](Nc1ccc2ccccc2c1)C(=O)N/N=C\c1cccnc1. The van der Waals surface area contributed by atoms with Crippen molar-refractivity contribution in [3.8, 4) is 0 Å². The zero-order chi connectivity index (χ0) is 16.8. The van der Waals surface area contributed by atoms with Crippen molar-refractivity contribution in [3.05, 3.63) is 72.6 Å². The Hall–Kier alpha value is -3.21. The van der Waals surface area contributed by atoms with Crippen molar-refractivity contribution < 1.29 is 4.79 Å². The molecule has 0 spiro atoms. The molecule has 2 N–H and O–H groups in total. The van der Waals surface area contributed by atoms with E-state index in [4.69, 9.17) is 0 Å². The molecule has 0 aliphatic heterocycles. The molecule has 0 fully saturated rings. The molecule has 5 nitrogen and oxygen atoms in total. The first kappa shape index (κ1) is 15.7. The van der Waals surface area contributed by atoms with Crippen LogP contribution in [0.25, 0.3) is 10.8 Å². The van der Waals surface area contributed by atoms with Crippen molar-refractivity contribution in [2.45, 2.75) is 13.0 Å². The van der Waals surface area contributed by atoms with Crippen LogP contribution in [0.2, 0.25) is 0 Å². The van der Waals surface area contributed by atoms with Crippen LogP contribution >= 0.6 is 0 Å². The summed E-state index contributed by atoms with van der Waals surface area (Å²) in [5, 5.41) is 9.43. The van der Waals surface area contributed by atoms with Gasteiger partial charge in [-0.1, -0.05) is 36.4 Å². The van der Waals surface area contributed by atoms with Gasteiger partial charge in [0.1, 0.15) is 6.04 Å². The Balaban J connectivity index is 1.59. The molecule has 1 atom stereocenters. The number of aromatic nitrogens is 1. The molecule has 0 saturated heterocycles. The molecular formula is C19H18N4O. The minimum absolute atomic E-state index is 0.205. The molecule has 0 radical (unpaired) electrons. The number of benzene rings is 2. The zero-order valence-corrected chi connectivity index (χ0v) is 13.3. The first-order chi connectivity index (χ1) is 11.7. The lowest BCUT2D eigenvalue weighted by Gasteiger charge is -2.14. The lowest BCUT2D eigenvalue weighted by molar-refractivity contribution is -0.121. The summed E-state index contributed by atoms with van der Waals surface area (Å²) in [6, 6.07) is 17.4. The van der Waals surface area contributed by atoms with Crippen LogP contribution in [-0.2, 0) is 4.79 Å². The predicted octanol–water partition coefficient (Wildman–Crippen LogP) is 3.19. The van der Waals surface area contributed by atoms with Gasteiger partial charge in [-0.2, -0.15) is 5.10 Å². The zero-order valence-electron chi connectivity index (χ0n) is 13.3. The van der Waals surface area contributed by atoms with Crippen LogP contribution in [0.3, 0.4) is 0 Å². The lowest BCUT2D eigenvalue weighted by atomic mass is 10.1. The van der Waals surface area contributed by atoms with E-state index in [0.717, 1.165) is 16.6 Å². The van der Waals surface area contributed by atoms with E-state index in [1.54, 1.807) is 25.5 Å². The second kappa shape index (κ2) is 7.37. The average molecular weight is 318 g/mol. The standard InChI is InChI=1S/C19H18N4O/c1-14(19(24)23-21-13-15-5-4-10-20-12-15)22-18-9-8-16-6-2-3-7-17(16)11-18/h2-14,22H,1H3,(H,23,24)/b21-13-/t14-/m0/s1. The Morgan fingerprint density at radius 3 is 2.75 bits per heavy atom. The molecule has 0 aliphatic carbocycles. The van der Waals surface area contributed by atoms with Gasteiger partial charge in [0.2, 0.25) is 0 Å². The third-order valence-electron chi connectivity index (χ3n) is 3.60. The minimum atomic E-state index is -0.405. The monoisotopic (exact) mass is 318 g/mol. The molecule has 1 amide bonds. The van der Waals surface area contributed by atoms with E-state index >= 15 is 0 Å². The van der Waals surface area contributed by atoms with Gasteiger partial charge < -0.3 is 5.32 Å². The van der Waals surface area contributed by atoms with Gasteiger partial charge in [0.05, 0.1) is 6.21 Å². The molecule has 120 valence electrons. The molecule has 24 heavy (non-hydrogen) atoms. The van der Waals surface area contributed by atoms with Crippen LogP contribution in [0.1, 0.15) is 12.5 Å². The maximum atomic E-state index is 12.1. The fourth-order valence-electron chi connectivity index (χ4n) is 2.31. The van der Waals surface area contributed by atoms with E-state index in [1.165, 1.54) is 5.39 Å². The molecule has 3 rings (SSSR count). The Kier molecular flexibility index (Phi) is 4.81. The third kappa shape index (κ3) is 3.95. The number of pyridine rings is 1. The third-order valence-corrected chi connectivity index (χ3v) is 3.60. The van der Waals surface area contributed by atoms with Crippen LogP contribution in [-0.4, -0.2) is 23.1 Å². The Bertz CT molecular complexity index is 861. The molecule has 0 bridgehead atoms. The van der Waals surface area contributed by atoms with Gasteiger partial charge >= 0.3 is 0 Å². The van der Waals surface area contributed by atoms with Crippen molar-refractivity contribution in [1.82, 2.24) is 10.4 Å². The van der Waals surface area contributed by atoms with E-state index in [1.807, 2.05) is 48.5 Å². The van der Waals surface area contributed by atoms with Gasteiger partial charge in [0.25, 0.3) is 5.91 Å². The summed E-state index contributed by atoms with van der Waals surface area (Å²) in [4.78, 5) is 16.1. The topological polar surface area (TPSA) is 66.4 Å². The van der Waals surface area contributed by atoms with E-state index in [-0.39, 0.29) is 5.91 Å². The number of rotatable bonds is 5. The number of hydrazone groups is 1. The van der Waals surface area contributed by atoms with Crippen molar-refractivity contribution >= 4 is 28.6 Å². The van der Waals surface area contributed by atoms with Gasteiger partial charge in [-0.05, 0) is 35.9 Å². The fourth-order valence-corrected chi connectivity index (χ4v) is 2.31. The quantitative estimate of drug-likeness (QED) is 0.561. The summed E-state index contributed by atoms with van der Waals surface area (Å²) < 4.78 is 0. The molecule has 1 heterocycles. The predicted molar refractivity (Wildman–Crippen MR) is 97.0 cm³/mol. The van der Waals surface area contributed by atoms with E-state index in [9.17, 15) is 4.79 Å². The van der Waals surface area contributed by atoms with Gasteiger partial charge in [-0.3, -0.25) is 9.78 Å². The highest BCUT2D eigenvalue weighted by Crippen LogP contribution is 2.19. The molecule has 2 aromatic carbocycles. The Morgan fingerprint density at radius 1 is 1.12 bits per heavy atom. The lowest BCUT2D eigenvalue weighted by Crippen LogP contribution is -2.34. The van der Waals surface area contributed by atoms with Gasteiger partial charge in [0, 0.05) is 23.6 Å². The molecule has 1 aromatic heterocycles. The minimum Gasteiger partial charge on any atom is -0.374 e. The summed E-state index contributed by atoms with van der Waals surface area (Å²) in [5.41, 5.74) is 4.25. The summed E-state index contributed by atoms with van der Waals surface area (Å²) in [7, 11) is 0. The van der Waals surface area contributed by atoms with Crippen LogP contribution < -0.4 is 10.7 Å². The number of nitrogens with one attached hydrogen (secondary N) is 2. The number of nitrogens with zero attached hydrogens (tertiary/aromatic N) is 2. The van der Waals surface area contributed by atoms with Crippen molar-refractivity contribution in [2.75, 3.05) is 5.32 Å². The van der Waals surface area contributed by atoms with E-state index < -0.39 is 6.04 Å². The van der Waals surface area contributed by atoms with E-state index in [2.05, 4.69) is 26.9 Å². The highest BCUT2D eigenvalue weighted by Gasteiger charge is 2.11. The Labute approximate surface area is 140 Å². The smallest absolute Gasteiger partial charge is 0.262 e. The van der Waals surface area contributed by atoms with Crippen LogP contribution in [0.4, 0.5) is 5.69 Å². The maximum Gasteiger partial charge on any atom is 0.262 e. The van der Waals surface area contributed by atoms with Gasteiger partial charge in [0.15, 0.2) is 0 Å². The summed E-state index contributed by atoms with van der Waals surface area (Å²) >= 11 is 0. The van der Waals surface area contributed by atoms with Crippen LogP contribution in [0.15, 0.2) is 72.1 Å². The number of anilines is 1. The van der Waals surface area contributed by atoms with E-state index in [0.29, 0.717) is 0 Å². The number of carbonyl (C=O) groups is 1. The number of amides is 1. The molecule has 3 aromatic rings. The average Bonchev–Trinajstić information content (AvgIpc) is 2.62. The van der Waals surface area contributed by atoms with Crippen LogP contribution in [0, 0.1) is 0 Å². The van der Waals surface area contributed by atoms with Crippen molar-refractivity contribution in [2.24, 2.45) is 5.10 Å². The second-order valence-corrected chi connectivity index (χ2v) is 5.45. The summed E-state index contributed by atoms with van der Waals surface area (Å²) in [6.07, 6.45) is 4.92. The maximum absolute atomic E-state index is 12.1. The summed E-state index contributed by atoms with van der Waals surface area (Å²) in [5.74, 6) is -0.205. The molecule has 0 unspecified atom stereocenters. The molecule has 0 aliphatic rings. The number of fused-ring (bicyclic) bond motifs is 1. The summed E-state index contributed by atoms with van der Waals surface area (Å²) in [6.45, 7) is 1.80. The molecule has 5 heteroatoms. The van der Waals surface area contributed by atoms with Gasteiger partial charge in [-0.15, -0.1) is 0 Å². The fraction of sp³-hybridized carbons (Fsp3) is 0.105. The number of hydrogen-bond acceptors (Lipinski definition) is 4. The molecular weight excluding hydrogens is 300 g/mol. The highest BCUT2D eigenvalue weighted by molar-refractivity contribution is 5.89. The van der Waals surface area contributed by atoms with Crippen LogP contribution in [0.5, 0.6) is 0 Å². The van der Waals surface area contributed by atoms with Crippen molar-refractivity contribution in [1.29, 1.82) is 0 Å². The highest BCUT2D eigenvalue weighted by atomic mass is 16.2.